The van der Waals surface area contributed by atoms with E-state index in [0.717, 1.165) is 31.1 Å². The Labute approximate surface area is 129 Å². The van der Waals surface area contributed by atoms with Gasteiger partial charge < -0.3 is 10.1 Å². The summed E-state index contributed by atoms with van der Waals surface area (Å²) in [4.78, 5) is 0. The van der Waals surface area contributed by atoms with Crippen molar-refractivity contribution in [3.05, 3.63) is 29.3 Å². The fourth-order valence-corrected chi connectivity index (χ4v) is 3.97. The first-order valence-corrected chi connectivity index (χ1v) is 8.81. The molecule has 0 spiro atoms. The minimum Gasteiger partial charge on any atom is -0.493 e. The van der Waals surface area contributed by atoms with Crippen LogP contribution in [0.1, 0.15) is 69.5 Å². The second-order valence-corrected chi connectivity index (χ2v) is 6.73. The van der Waals surface area contributed by atoms with E-state index in [1.54, 1.807) is 0 Å². The van der Waals surface area contributed by atoms with Crippen LogP contribution in [0.15, 0.2) is 18.2 Å². The molecule has 1 N–H and O–H groups in total. The zero-order valence-electron chi connectivity index (χ0n) is 13.5. The van der Waals surface area contributed by atoms with Crippen LogP contribution in [0, 0.1) is 5.92 Å². The Kier molecular flexibility index (Phi) is 4.84. The average Bonchev–Trinajstić information content (AvgIpc) is 3.00. The monoisotopic (exact) mass is 287 g/mol. The lowest BCUT2D eigenvalue weighted by Gasteiger charge is -2.32. The highest BCUT2D eigenvalue weighted by Gasteiger charge is 2.23. The van der Waals surface area contributed by atoms with Crippen LogP contribution in [-0.4, -0.2) is 12.6 Å². The van der Waals surface area contributed by atoms with Gasteiger partial charge in [0.05, 0.1) is 6.61 Å². The summed E-state index contributed by atoms with van der Waals surface area (Å²) in [7, 11) is 0. The first-order chi connectivity index (χ1) is 10.3. The molecule has 0 radical (unpaired) electrons. The highest BCUT2D eigenvalue weighted by Crippen LogP contribution is 2.32. The minimum absolute atomic E-state index is 0.497. The van der Waals surface area contributed by atoms with Gasteiger partial charge in [0.25, 0.3) is 0 Å². The van der Waals surface area contributed by atoms with Crippen molar-refractivity contribution in [3.63, 3.8) is 0 Å². The molecular formula is C19H29NO. The fraction of sp³-hybridized carbons (Fsp3) is 0.684. The maximum atomic E-state index is 5.62. The van der Waals surface area contributed by atoms with Crippen molar-refractivity contribution in [1.82, 2.24) is 5.32 Å². The fourth-order valence-electron chi connectivity index (χ4n) is 3.97. The molecule has 116 valence electrons. The van der Waals surface area contributed by atoms with E-state index in [2.05, 4.69) is 37.4 Å². The molecule has 2 nitrogen and oxygen atoms in total. The minimum atomic E-state index is 0.497. The molecule has 1 heterocycles. The van der Waals surface area contributed by atoms with Gasteiger partial charge in [-0.05, 0) is 42.4 Å². The lowest BCUT2D eigenvalue weighted by molar-refractivity contribution is 0.260. The Bertz CT molecular complexity index is 471. The van der Waals surface area contributed by atoms with Crippen LogP contribution in [0.25, 0.3) is 0 Å². The van der Waals surface area contributed by atoms with Gasteiger partial charge in [-0.1, -0.05) is 45.2 Å². The van der Waals surface area contributed by atoms with Crippen LogP contribution < -0.4 is 10.1 Å². The molecule has 1 aromatic carbocycles. The van der Waals surface area contributed by atoms with Crippen molar-refractivity contribution in [2.24, 2.45) is 5.92 Å². The molecule has 1 saturated carbocycles. The summed E-state index contributed by atoms with van der Waals surface area (Å²) >= 11 is 0. The van der Waals surface area contributed by atoms with Gasteiger partial charge in [-0.3, -0.25) is 0 Å². The van der Waals surface area contributed by atoms with Crippen molar-refractivity contribution in [2.45, 2.75) is 70.9 Å². The zero-order chi connectivity index (χ0) is 14.7. The molecule has 0 bridgehead atoms. The van der Waals surface area contributed by atoms with Gasteiger partial charge in [0.1, 0.15) is 5.75 Å². The van der Waals surface area contributed by atoms with Gasteiger partial charge >= 0.3 is 0 Å². The van der Waals surface area contributed by atoms with E-state index in [-0.39, 0.29) is 0 Å². The van der Waals surface area contributed by atoms with Gasteiger partial charge in [-0.2, -0.15) is 0 Å². The van der Waals surface area contributed by atoms with E-state index in [9.17, 15) is 0 Å². The van der Waals surface area contributed by atoms with E-state index in [4.69, 9.17) is 4.74 Å². The highest BCUT2D eigenvalue weighted by atomic mass is 16.5. The third-order valence-electron chi connectivity index (χ3n) is 5.32. The summed E-state index contributed by atoms with van der Waals surface area (Å²) < 4.78 is 5.62. The number of nitrogens with one attached hydrogen (secondary N) is 1. The Morgan fingerprint density at radius 1 is 1.29 bits per heavy atom. The van der Waals surface area contributed by atoms with Crippen LogP contribution in [0.3, 0.4) is 0 Å². The van der Waals surface area contributed by atoms with Crippen molar-refractivity contribution >= 4 is 0 Å². The van der Waals surface area contributed by atoms with E-state index in [1.807, 2.05) is 0 Å². The zero-order valence-corrected chi connectivity index (χ0v) is 13.5. The number of fused-ring (bicyclic) bond motifs is 1. The van der Waals surface area contributed by atoms with E-state index in [1.165, 1.54) is 43.2 Å². The van der Waals surface area contributed by atoms with Crippen molar-refractivity contribution < 1.29 is 4.74 Å². The standard InChI is InChI=1S/C19H29NO/c1-3-14-6-5-7-17(12-14)20-18(4-2)15-8-9-19-16(13-15)10-11-21-19/h8-9,13-14,17-18,20H,3-7,10-12H2,1-2H3. The Morgan fingerprint density at radius 2 is 2.19 bits per heavy atom. The number of rotatable bonds is 5. The summed E-state index contributed by atoms with van der Waals surface area (Å²) in [5, 5.41) is 3.94. The van der Waals surface area contributed by atoms with Crippen molar-refractivity contribution in [1.29, 1.82) is 0 Å². The SMILES string of the molecule is CCC1CCCC(NC(CC)c2ccc3c(c2)CCO3)C1. The van der Waals surface area contributed by atoms with E-state index in [0.29, 0.717) is 12.1 Å². The van der Waals surface area contributed by atoms with Crippen LogP contribution >= 0.6 is 0 Å². The molecule has 0 amide bonds. The smallest absolute Gasteiger partial charge is 0.122 e. The number of hydrogen-bond donors (Lipinski definition) is 1. The molecule has 3 atom stereocenters. The van der Waals surface area contributed by atoms with Gasteiger partial charge in [-0.15, -0.1) is 0 Å². The average molecular weight is 287 g/mol. The third-order valence-corrected chi connectivity index (χ3v) is 5.32. The predicted molar refractivity (Wildman–Crippen MR) is 87.8 cm³/mol. The molecule has 3 unspecified atom stereocenters. The molecule has 1 aliphatic heterocycles. The van der Waals surface area contributed by atoms with E-state index >= 15 is 0 Å². The van der Waals surface area contributed by atoms with Crippen molar-refractivity contribution in [3.8, 4) is 5.75 Å². The molecule has 0 aromatic heterocycles. The lowest BCUT2D eigenvalue weighted by atomic mass is 9.83. The molecule has 21 heavy (non-hydrogen) atoms. The van der Waals surface area contributed by atoms with Crippen LogP contribution in [0.5, 0.6) is 5.75 Å². The number of benzene rings is 1. The molecule has 1 fully saturated rings. The van der Waals surface area contributed by atoms with Crippen LogP contribution in [0.2, 0.25) is 0 Å². The number of ether oxygens (including phenoxy) is 1. The Hall–Kier alpha value is -1.02. The predicted octanol–water partition coefficient (Wildman–Crippen LogP) is 4.63. The van der Waals surface area contributed by atoms with Crippen LogP contribution in [-0.2, 0) is 6.42 Å². The molecule has 2 heteroatoms. The summed E-state index contributed by atoms with van der Waals surface area (Å²) in [6.07, 6.45) is 9.10. The van der Waals surface area contributed by atoms with Crippen molar-refractivity contribution in [2.75, 3.05) is 6.61 Å². The summed E-state index contributed by atoms with van der Waals surface area (Å²) in [6.45, 7) is 5.48. The highest BCUT2D eigenvalue weighted by molar-refractivity contribution is 5.40. The topological polar surface area (TPSA) is 21.3 Å². The van der Waals surface area contributed by atoms with Gasteiger partial charge in [-0.25, -0.2) is 0 Å². The second kappa shape index (κ2) is 6.83. The molecular weight excluding hydrogens is 258 g/mol. The van der Waals surface area contributed by atoms with Gasteiger partial charge in [0, 0.05) is 18.5 Å². The maximum absolute atomic E-state index is 5.62. The molecule has 1 aromatic rings. The summed E-state index contributed by atoms with van der Waals surface area (Å²) in [5.74, 6) is 2.03. The Morgan fingerprint density at radius 3 is 3.00 bits per heavy atom. The molecule has 2 aliphatic rings. The lowest BCUT2D eigenvalue weighted by Crippen LogP contribution is -2.36. The normalized spacial score (nSPS) is 26.2. The van der Waals surface area contributed by atoms with E-state index < -0.39 is 0 Å². The summed E-state index contributed by atoms with van der Waals surface area (Å²) in [6, 6.07) is 7.99. The summed E-state index contributed by atoms with van der Waals surface area (Å²) in [5.41, 5.74) is 2.84. The quantitative estimate of drug-likeness (QED) is 0.852. The maximum Gasteiger partial charge on any atom is 0.122 e. The molecule has 1 aliphatic carbocycles. The first-order valence-electron chi connectivity index (χ1n) is 8.81. The Balaban J connectivity index is 1.67. The molecule has 0 saturated heterocycles. The van der Waals surface area contributed by atoms with Crippen LogP contribution in [0.4, 0.5) is 0 Å². The second-order valence-electron chi connectivity index (χ2n) is 6.73. The largest absolute Gasteiger partial charge is 0.493 e. The number of hydrogen-bond acceptors (Lipinski definition) is 2. The third kappa shape index (κ3) is 3.42. The van der Waals surface area contributed by atoms with Gasteiger partial charge in [0.2, 0.25) is 0 Å². The first kappa shape index (κ1) is 14.9. The van der Waals surface area contributed by atoms with Gasteiger partial charge in [0.15, 0.2) is 0 Å². The molecule has 3 rings (SSSR count).